The van der Waals surface area contributed by atoms with E-state index < -0.39 is 6.10 Å². The van der Waals surface area contributed by atoms with Gasteiger partial charge < -0.3 is 19.5 Å². The van der Waals surface area contributed by atoms with Gasteiger partial charge in [0, 0.05) is 20.2 Å². The predicted octanol–water partition coefficient (Wildman–Crippen LogP) is 0.102. The summed E-state index contributed by atoms with van der Waals surface area (Å²) in [5.74, 6) is -0.0217. The third-order valence-corrected chi connectivity index (χ3v) is 2.07. The van der Waals surface area contributed by atoms with E-state index in [9.17, 15) is 5.11 Å². The number of ether oxygens (including phenoxy) is 2. The Balaban J connectivity index is 3.54. The average Bonchev–Trinajstić information content (AvgIpc) is 2.24. The number of rotatable bonds is 9. The zero-order chi connectivity index (χ0) is 12.4. The van der Waals surface area contributed by atoms with E-state index in [2.05, 4.69) is 6.07 Å². The molecule has 0 bridgehead atoms. The first kappa shape index (κ1) is 15.3. The molecule has 0 aromatic rings. The Labute approximate surface area is 97.6 Å². The molecule has 1 N–H and O–H groups in total. The number of aliphatic hydroxyl groups excluding tert-OH is 1. The van der Waals surface area contributed by atoms with E-state index in [4.69, 9.17) is 14.7 Å². The first-order valence-corrected chi connectivity index (χ1v) is 5.43. The number of hydrogen-bond donors (Lipinski definition) is 1. The molecule has 5 heteroatoms. The minimum absolute atomic E-state index is 0.0217. The lowest BCUT2D eigenvalue weighted by atomic mass is 10.2. The number of likely N-dealkylation sites (N-methyl/N-ethyl adjacent to an activating group) is 1. The van der Waals surface area contributed by atoms with Crippen LogP contribution in [0.1, 0.15) is 6.92 Å². The predicted molar refractivity (Wildman–Crippen MR) is 61.0 cm³/mol. The molecular formula is C11H22N2O3. The van der Waals surface area contributed by atoms with Crippen molar-refractivity contribution >= 4 is 0 Å². The van der Waals surface area contributed by atoms with Gasteiger partial charge in [-0.2, -0.15) is 5.26 Å². The van der Waals surface area contributed by atoms with Gasteiger partial charge in [-0.15, -0.1) is 0 Å². The number of methoxy groups -OCH3 is 1. The molecule has 0 aromatic carbocycles. The molecule has 0 rings (SSSR count). The van der Waals surface area contributed by atoms with Gasteiger partial charge >= 0.3 is 0 Å². The van der Waals surface area contributed by atoms with Crippen LogP contribution in [-0.2, 0) is 9.47 Å². The summed E-state index contributed by atoms with van der Waals surface area (Å²) in [6, 6.07) is 2.16. The van der Waals surface area contributed by atoms with Crippen LogP contribution in [0.3, 0.4) is 0 Å². The van der Waals surface area contributed by atoms with Gasteiger partial charge in [-0.1, -0.05) is 0 Å². The second-order valence-corrected chi connectivity index (χ2v) is 3.97. The van der Waals surface area contributed by atoms with E-state index >= 15 is 0 Å². The Morgan fingerprint density at radius 3 is 2.62 bits per heavy atom. The molecule has 16 heavy (non-hydrogen) atoms. The first-order valence-electron chi connectivity index (χ1n) is 5.43. The summed E-state index contributed by atoms with van der Waals surface area (Å²) in [5.41, 5.74) is 0. The summed E-state index contributed by atoms with van der Waals surface area (Å²) in [6.07, 6.45) is -0.521. The molecule has 2 atom stereocenters. The van der Waals surface area contributed by atoms with Crippen LogP contribution >= 0.6 is 0 Å². The van der Waals surface area contributed by atoms with Gasteiger partial charge in [0.25, 0.3) is 0 Å². The van der Waals surface area contributed by atoms with Crippen molar-refractivity contribution < 1.29 is 14.6 Å². The van der Waals surface area contributed by atoms with E-state index in [1.807, 2.05) is 18.9 Å². The van der Waals surface area contributed by atoms with Crippen molar-refractivity contribution in [2.75, 3.05) is 47.1 Å². The van der Waals surface area contributed by atoms with Gasteiger partial charge in [-0.3, -0.25) is 0 Å². The fraction of sp³-hybridized carbons (Fsp3) is 0.909. The minimum Gasteiger partial charge on any atom is -0.389 e. The molecule has 0 heterocycles. The molecule has 5 nitrogen and oxygen atoms in total. The third-order valence-electron chi connectivity index (χ3n) is 2.07. The van der Waals surface area contributed by atoms with Crippen molar-refractivity contribution in [2.24, 2.45) is 5.92 Å². The second kappa shape index (κ2) is 9.55. The van der Waals surface area contributed by atoms with Crippen LogP contribution in [0.15, 0.2) is 0 Å². The summed E-state index contributed by atoms with van der Waals surface area (Å²) in [6.45, 7) is 4.36. The van der Waals surface area contributed by atoms with Gasteiger partial charge in [0.1, 0.15) is 0 Å². The molecule has 0 aliphatic rings. The fourth-order valence-electron chi connectivity index (χ4n) is 1.36. The maximum atomic E-state index is 9.61. The lowest BCUT2D eigenvalue weighted by Gasteiger charge is -2.21. The van der Waals surface area contributed by atoms with E-state index in [1.165, 1.54) is 0 Å². The highest BCUT2D eigenvalue weighted by molar-refractivity contribution is 4.81. The number of aliphatic hydroxyl groups is 1. The highest BCUT2D eigenvalue weighted by atomic mass is 16.5. The Bertz CT molecular complexity index is 206. The normalized spacial score (nSPS) is 14.8. The van der Waals surface area contributed by atoms with Crippen LogP contribution in [0, 0.1) is 17.2 Å². The Hall–Kier alpha value is -0.670. The molecule has 0 saturated carbocycles. The van der Waals surface area contributed by atoms with E-state index in [-0.39, 0.29) is 5.92 Å². The molecule has 0 amide bonds. The number of hydrogen-bond acceptors (Lipinski definition) is 5. The van der Waals surface area contributed by atoms with Gasteiger partial charge in [0.2, 0.25) is 0 Å². The molecule has 0 saturated heterocycles. The molecule has 2 unspecified atom stereocenters. The maximum Gasteiger partial charge on any atom is 0.0900 e. The van der Waals surface area contributed by atoms with Crippen molar-refractivity contribution in [2.45, 2.75) is 13.0 Å². The smallest absolute Gasteiger partial charge is 0.0900 e. The van der Waals surface area contributed by atoms with Crippen molar-refractivity contribution in [3.63, 3.8) is 0 Å². The van der Waals surface area contributed by atoms with Crippen LogP contribution in [0.2, 0.25) is 0 Å². The Kier molecular flexibility index (Phi) is 9.15. The van der Waals surface area contributed by atoms with Crippen LogP contribution in [-0.4, -0.2) is 63.2 Å². The van der Waals surface area contributed by atoms with Crippen LogP contribution < -0.4 is 0 Å². The molecule has 0 fully saturated rings. The molecule has 0 radical (unpaired) electrons. The molecule has 0 aromatic heterocycles. The van der Waals surface area contributed by atoms with Crippen molar-refractivity contribution in [1.82, 2.24) is 4.90 Å². The quantitative estimate of drug-likeness (QED) is 0.569. The van der Waals surface area contributed by atoms with Crippen LogP contribution in [0.25, 0.3) is 0 Å². The summed E-state index contributed by atoms with van der Waals surface area (Å²) in [4.78, 5) is 1.93. The standard InChI is InChI=1S/C11H22N2O3/c1-10(6-12)7-13(2)8-11(14)9-16-5-4-15-3/h10-11,14H,4-5,7-9H2,1-3H3. The number of nitriles is 1. The SMILES string of the molecule is COCCOCC(O)CN(C)CC(C)C#N. The fourth-order valence-corrected chi connectivity index (χ4v) is 1.36. The molecule has 0 aliphatic heterocycles. The highest BCUT2D eigenvalue weighted by Gasteiger charge is 2.10. The van der Waals surface area contributed by atoms with Crippen molar-refractivity contribution in [3.8, 4) is 6.07 Å². The van der Waals surface area contributed by atoms with E-state index in [0.29, 0.717) is 32.9 Å². The Morgan fingerprint density at radius 2 is 2.06 bits per heavy atom. The van der Waals surface area contributed by atoms with Gasteiger partial charge in [-0.25, -0.2) is 0 Å². The Morgan fingerprint density at radius 1 is 1.38 bits per heavy atom. The van der Waals surface area contributed by atoms with Gasteiger partial charge in [0.05, 0.1) is 37.9 Å². The largest absolute Gasteiger partial charge is 0.389 e. The van der Waals surface area contributed by atoms with Crippen LogP contribution in [0.4, 0.5) is 0 Å². The molecule has 0 aliphatic carbocycles. The molecule has 94 valence electrons. The van der Waals surface area contributed by atoms with Crippen LogP contribution in [0.5, 0.6) is 0 Å². The minimum atomic E-state index is -0.521. The van der Waals surface area contributed by atoms with E-state index in [0.717, 1.165) is 0 Å². The second-order valence-electron chi connectivity index (χ2n) is 3.97. The van der Waals surface area contributed by atoms with Crippen molar-refractivity contribution in [3.05, 3.63) is 0 Å². The summed E-state index contributed by atoms with van der Waals surface area (Å²) >= 11 is 0. The zero-order valence-electron chi connectivity index (χ0n) is 10.3. The van der Waals surface area contributed by atoms with Crippen molar-refractivity contribution in [1.29, 1.82) is 5.26 Å². The number of nitrogens with zero attached hydrogens (tertiary/aromatic N) is 2. The zero-order valence-corrected chi connectivity index (χ0v) is 10.3. The molecule has 0 spiro atoms. The topological polar surface area (TPSA) is 65.7 Å². The van der Waals surface area contributed by atoms with Gasteiger partial charge in [-0.05, 0) is 14.0 Å². The first-order chi connectivity index (χ1) is 7.60. The lowest BCUT2D eigenvalue weighted by Crippen LogP contribution is -2.34. The highest BCUT2D eigenvalue weighted by Crippen LogP contribution is 1.97. The lowest BCUT2D eigenvalue weighted by molar-refractivity contribution is 0.00178. The maximum absolute atomic E-state index is 9.61. The monoisotopic (exact) mass is 230 g/mol. The van der Waals surface area contributed by atoms with Gasteiger partial charge in [0.15, 0.2) is 0 Å². The van der Waals surface area contributed by atoms with E-state index in [1.54, 1.807) is 7.11 Å². The summed E-state index contributed by atoms with van der Waals surface area (Å²) in [5, 5.41) is 18.3. The summed E-state index contributed by atoms with van der Waals surface area (Å²) in [7, 11) is 3.49. The third kappa shape index (κ3) is 8.62. The summed E-state index contributed by atoms with van der Waals surface area (Å²) < 4.78 is 10.0. The average molecular weight is 230 g/mol. The molecular weight excluding hydrogens is 208 g/mol.